The zero-order chi connectivity index (χ0) is 9.14. The highest BCUT2D eigenvalue weighted by atomic mass is 35.5. The van der Waals surface area contributed by atoms with Gasteiger partial charge in [-0.05, 0) is 0 Å². The molecule has 0 aromatic carbocycles. The summed E-state index contributed by atoms with van der Waals surface area (Å²) >= 11 is 5.96. The lowest BCUT2D eigenvalue weighted by Gasteiger charge is -2.03. The van der Waals surface area contributed by atoms with Gasteiger partial charge in [0.15, 0.2) is 11.6 Å². The molecule has 68 valence electrons. The molecular formula is C6H12ClN5. The van der Waals surface area contributed by atoms with Crippen molar-refractivity contribution in [3.8, 4) is 0 Å². The van der Waals surface area contributed by atoms with Gasteiger partial charge in [0.1, 0.15) is 5.02 Å². The van der Waals surface area contributed by atoms with Gasteiger partial charge >= 0.3 is 0 Å². The van der Waals surface area contributed by atoms with Crippen LogP contribution >= 0.6 is 11.6 Å². The number of hydrogen-bond donors (Lipinski definition) is 3. The van der Waals surface area contributed by atoms with Crippen molar-refractivity contribution in [3.63, 3.8) is 0 Å². The molecule has 1 rings (SSSR count). The molecule has 0 spiro atoms. The smallest absolute Gasteiger partial charge is 0.171 e. The lowest BCUT2D eigenvalue weighted by molar-refractivity contribution is 0.791. The van der Waals surface area contributed by atoms with E-state index in [0.29, 0.717) is 10.8 Å². The molecule has 0 fully saturated rings. The van der Waals surface area contributed by atoms with E-state index in [1.807, 2.05) is 0 Å². The summed E-state index contributed by atoms with van der Waals surface area (Å²) < 4.78 is 0. The van der Waals surface area contributed by atoms with Gasteiger partial charge in [-0.1, -0.05) is 11.6 Å². The van der Waals surface area contributed by atoms with Crippen LogP contribution in [0.1, 0.15) is 0 Å². The normalized spacial score (nSPS) is 9.67. The second-order valence-electron chi connectivity index (χ2n) is 2.15. The Morgan fingerprint density at radius 2 is 1.92 bits per heavy atom. The van der Waals surface area contributed by atoms with Gasteiger partial charge in [0.25, 0.3) is 0 Å². The molecule has 0 saturated heterocycles. The summed E-state index contributed by atoms with van der Waals surface area (Å²) in [6.45, 7) is 0. The first-order chi connectivity index (χ1) is 5.74. The topological polar surface area (TPSA) is 53.9 Å². The minimum atomic E-state index is 0.578. The number of anilines is 2. The van der Waals surface area contributed by atoms with Gasteiger partial charge in [0.2, 0.25) is 0 Å². The SMILES string of the molecule is CNc1nn(NC)c(NC)c1Cl. The summed E-state index contributed by atoms with van der Waals surface area (Å²) in [5.41, 5.74) is 2.86. The maximum Gasteiger partial charge on any atom is 0.171 e. The van der Waals surface area contributed by atoms with E-state index in [4.69, 9.17) is 11.6 Å². The van der Waals surface area contributed by atoms with Crippen LogP contribution in [0.5, 0.6) is 0 Å². The molecule has 0 atom stereocenters. The lowest BCUT2D eigenvalue weighted by atomic mass is 10.6. The Morgan fingerprint density at radius 1 is 1.25 bits per heavy atom. The second kappa shape index (κ2) is 3.53. The van der Waals surface area contributed by atoms with Crippen molar-refractivity contribution in [3.05, 3.63) is 5.02 Å². The van der Waals surface area contributed by atoms with E-state index in [1.165, 1.54) is 0 Å². The van der Waals surface area contributed by atoms with Crippen LogP contribution in [0.15, 0.2) is 0 Å². The Bertz CT molecular complexity index is 269. The largest absolute Gasteiger partial charge is 0.370 e. The molecule has 12 heavy (non-hydrogen) atoms. The number of nitrogens with one attached hydrogen (secondary N) is 3. The molecule has 0 aliphatic carbocycles. The molecule has 0 aliphatic rings. The summed E-state index contributed by atoms with van der Waals surface area (Å²) in [6, 6.07) is 0. The van der Waals surface area contributed by atoms with E-state index in [-0.39, 0.29) is 0 Å². The lowest BCUT2D eigenvalue weighted by Crippen LogP contribution is -2.13. The Labute approximate surface area is 76.1 Å². The highest BCUT2D eigenvalue weighted by molar-refractivity contribution is 6.35. The number of halogens is 1. The summed E-state index contributed by atoms with van der Waals surface area (Å²) in [5.74, 6) is 1.39. The predicted molar refractivity (Wildman–Crippen MR) is 51.6 cm³/mol. The monoisotopic (exact) mass is 189 g/mol. The quantitative estimate of drug-likeness (QED) is 0.658. The van der Waals surface area contributed by atoms with E-state index >= 15 is 0 Å². The summed E-state index contributed by atoms with van der Waals surface area (Å²) in [4.78, 5) is 1.56. The average Bonchev–Trinajstić information content (AvgIpc) is 2.41. The van der Waals surface area contributed by atoms with Gasteiger partial charge in [-0.25, -0.2) is 0 Å². The fourth-order valence-electron chi connectivity index (χ4n) is 0.936. The predicted octanol–water partition coefficient (Wildman–Crippen LogP) is 0.793. The molecule has 1 aromatic heterocycles. The minimum absolute atomic E-state index is 0.578. The number of hydrogen-bond acceptors (Lipinski definition) is 4. The third kappa shape index (κ3) is 1.27. The van der Waals surface area contributed by atoms with Crippen molar-refractivity contribution in [2.45, 2.75) is 0 Å². The Hall–Kier alpha value is -1.10. The third-order valence-electron chi connectivity index (χ3n) is 1.51. The summed E-state index contributed by atoms with van der Waals surface area (Å²) in [5, 5.41) is 10.5. The van der Waals surface area contributed by atoms with E-state index < -0.39 is 0 Å². The highest BCUT2D eigenvalue weighted by Crippen LogP contribution is 2.27. The Morgan fingerprint density at radius 3 is 2.25 bits per heavy atom. The van der Waals surface area contributed by atoms with Crippen LogP contribution in [0.4, 0.5) is 11.6 Å². The molecule has 0 radical (unpaired) electrons. The molecular weight excluding hydrogens is 178 g/mol. The Kier molecular flexibility index (Phi) is 2.65. The molecule has 6 heteroatoms. The van der Waals surface area contributed by atoms with Gasteiger partial charge in [0.05, 0.1) is 0 Å². The van der Waals surface area contributed by atoms with Crippen LogP contribution in [0.2, 0.25) is 5.02 Å². The van der Waals surface area contributed by atoms with E-state index in [2.05, 4.69) is 21.2 Å². The molecule has 5 nitrogen and oxygen atoms in total. The van der Waals surface area contributed by atoms with Crippen LogP contribution < -0.4 is 16.1 Å². The van der Waals surface area contributed by atoms with Crippen molar-refractivity contribution < 1.29 is 0 Å². The average molecular weight is 190 g/mol. The highest BCUT2D eigenvalue weighted by Gasteiger charge is 2.12. The summed E-state index contributed by atoms with van der Waals surface area (Å²) in [7, 11) is 5.33. The number of aromatic nitrogens is 2. The first-order valence-corrected chi connectivity index (χ1v) is 3.94. The van der Waals surface area contributed by atoms with Crippen LogP contribution in [0.3, 0.4) is 0 Å². The van der Waals surface area contributed by atoms with E-state index in [1.54, 1.807) is 25.9 Å². The van der Waals surface area contributed by atoms with Crippen molar-refractivity contribution in [2.24, 2.45) is 0 Å². The zero-order valence-electron chi connectivity index (χ0n) is 7.27. The summed E-state index contributed by atoms with van der Waals surface area (Å²) in [6.07, 6.45) is 0. The van der Waals surface area contributed by atoms with E-state index in [9.17, 15) is 0 Å². The molecule has 0 saturated carbocycles. The standard InChI is InChI=1S/C6H12ClN5/c1-8-5-4(7)6(9-2)12(10-3)11-5/h9-10H,1-3H3,(H,8,11). The van der Waals surface area contributed by atoms with Crippen molar-refractivity contribution in [1.29, 1.82) is 0 Å². The van der Waals surface area contributed by atoms with Gasteiger partial charge in [0, 0.05) is 21.1 Å². The van der Waals surface area contributed by atoms with Gasteiger partial charge in [-0.3, -0.25) is 0 Å². The number of rotatable bonds is 3. The zero-order valence-corrected chi connectivity index (χ0v) is 8.03. The van der Waals surface area contributed by atoms with Crippen molar-refractivity contribution >= 4 is 23.2 Å². The molecule has 1 aromatic rings. The molecule has 1 heterocycles. The fraction of sp³-hybridized carbons (Fsp3) is 0.500. The second-order valence-corrected chi connectivity index (χ2v) is 2.52. The molecule has 0 bridgehead atoms. The molecule has 3 N–H and O–H groups in total. The van der Waals surface area contributed by atoms with Crippen molar-refractivity contribution in [2.75, 3.05) is 37.2 Å². The van der Waals surface area contributed by atoms with Crippen LogP contribution in [-0.4, -0.2) is 31.0 Å². The first-order valence-electron chi connectivity index (χ1n) is 3.56. The minimum Gasteiger partial charge on any atom is -0.370 e. The molecule has 0 amide bonds. The van der Waals surface area contributed by atoms with Gasteiger partial charge < -0.3 is 16.1 Å². The fourth-order valence-corrected chi connectivity index (χ4v) is 1.24. The Balaban J connectivity index is 3.13. The first kappa shape index (κ1) is 8.99. The number of nitrogens with zero attached hydrogens (tertiary/aromatic N) is 2. The van der Waals surface area contributed by atoms with Crippen LogP contribution in [-0.2, 0) is 0 Å². The van der Waals surface area contributed by atoms with Crippen molar-refractivity contribution in [1.82, 2.24) is 9.89 Å². The third-order valence-corrected chi connectivity index (χ3v) is 1.87. The van der Waals surface area contributed by atoms with Gasteiger partial charge in [-0.2, -0.15) is 4.79 Å². The maximum atomic E-state index is 5.96. The van der Waals surface area contributed by atoms with Crippen LogP contribution in [0, 0.1) is 0 Å². The van der Waals surface area contributed by atoms with Crippen LogP contribution in [0.25, 0.3) is 0 Å². The van der Waals surface area contributed by atoms with Gasteiger partial charge in [-0.15, -0.1) is 5.10 Å². The molecule has 0 aliphatic heterocycles. The maximum absolute atomic E-state index is 5.96. The molecule has 0 unspecified atom stereocenters. The van der Waals surface area contributed by atoms with E-state index in [0.717, 1.165) is 5.82 Å².